The summed E-state index contributed by atoms with van der Waals surface area (Å²) < 4.78 is 5.13. The summed E-state index contributed by atoms with van der Waals surface area (Å²) in [6.45, 7) is 0.0348. The van der Waals surface area contributed by atoms with Crippen LogP contribution in [0, 0.1) is 5.41 Å². The molecule has 2 rings (SSSR count). The van der Waals surface area contributed by atoms with Gasteiger partial charge < -0.3 is 20.8 Å². The maximum atomic E-state index is 11.7. The molecule has 20 heavy (non-hydrogen) atoms. The fourth-order valence-electron chi connectivity index (χ4n) is 1.70. The number of hydrogen-bond acceptors (Lipinski definition) is 4. The Hall–Kier alpha value is -2.83. The van der Waals surface area contributed by atoms with Gasteiger partial charge in [-0.25, -0.2) is 4.79 Å². The van der Waals surface area contributed by atoms with Gasteiger partial charge in [0, 0.05) is 10.9 Å². The number of carbonyl (C=O) groups is 1. The number of carbonyl (C=O) groups excluding carboxylic acids is 1. The molecule has 0 saturated heterocycles. The monoisotopic (exact) mass is 274 g/mol. The number of rotatable bonds is 4. The molecule has 0 aliphatic rings. The van der Waals surface area contributed by atoms with Crippen molar-refractivity contribution < 1.29 is 9.21 Å². The van der Waals surface area contributed by atoms with Gasteiger partial charge in [-0.3, -0.25) is 10.2 Å². The smallest absolute Gasteiger partial charge is 0.339 e. The molecular weight excluding hydrogens is 260 g/mol. The molecule has 0 spiro atoms. The van der Waals surface area contributed by atoms with Crippen molar-refractivity contribution in [3.05, 3.63) is 46.3 Å². The molecule has 0 aliphatic carbocycles. The van der Waals surface area contributed by atoms with Crippen LogP contribution in [-0.4, -0.2) is 18.5 Å². The van der Waals surface area contributed by atoms with Crippen LogP contribution in [0.4, 0.5) is 0 Å². The van der Waals surface area contributed by atoms with E-state index in [2.05, 4.69) is 10.6 Å². The lowest BCUT2D eigenvalue weighted by Crippen LogP contribution is -2.41. The largest absolute Gasteiger partial charge is 0.423 e. The number of nitrogens with one attached hydrogen (secondary N) is 3. The van der Waals surface area contributed by atoms with E-state index in [1.54, 1.807) is 24.3 Å². The molecule has 1 aromatic carbocycles. The Morgan fingerprint density at radius 3 is 2.80 bits per heavy atom. The molecule has 0 aliphatic heterocycles. The Labute approximate surface area is 114 Å². The number of benzene rings is 1. The van der Waals surface area contributed by atoms with E-state index in [1.807, 2.05) is 6.07 Å². The summed E-state index contributed by atoms with van der Waals surface area (Å²) in [6.07, 6.45) is -0.0905. The van der Waals surface area contributed by atoms with Gasteiger partial charge in [-0.15, -0.1) is 0 Å². The summed E-state index contributed by atoms with van der Waals surface area (Å²) in [5.41, 5.74) is 5.31. The minimum absolute atomic E-state index is 0.0348. The van der Waals surface area contributed by atoms with E-state index in [-0.39, 0.29) is 30.5 Å². The maximum Gasteiger partial charge on any atom is 0.339 e. The normalized spacial score (nSPS) is 10.2. The molecule has 1 heterocycles. The van der Waals surface area contributed by atoms with Gasteiger partial charge in [0.25, 0.3) is 0 Å². The molecule has 0 unspecified atom stereocenters. The summed E-state index contributed by atoms with van der Waals surface area (Å²) in [7, 11) is 0. The van der Waals surface area contributed by atoms with Gasteiger partial charge in [-0.05, 0) is 12.1 Å². The molecule has 0 radical (unpaired) electrons. The van der Waals surface area contributed by atoms with Crippen LogP contribution < -0.4 is 22.0 Å². The van der Waals surface area contributed by atoms with E-state index >= 15 is 0 Å². The Balaban J connectivity index is 2.09. The molecule has 0 bridgehead atoms. The van der Waals surface area contributed by atoms with Crippen molar-refractivity contribution in [3.63, 3.8) is 0 Å². The van der Waals surface area contributed by atoms with Gasteiger partial charge in [0.15, 0.2) is 5.96 Å². The highest BCUT2D eigenvalue weighted by atomic mass is 16.4. The summed E-state index contributed by atoms with van der Waals surface area (Å²) in [5.74, 6) is -0.600. The minimum Gasteiger partial charge on any atom is -0.423 e. The van der Waals surface area contributed by atoms with Crippen LogP contribution in [0.25, 0.3) is 11.0 Å². The van der Waals surface area contributed by atoms with Crippen LogP contribution in [0.5, 0.6) is 0 Å². The van der Waals surface area contributed by atoms with Crippen molar-refractivity contribution in [1.29, 1.82) is 5.41 Å². The fraction of sp³-hybridized carbons (Fsp3) is 0.154. The second kappa shape index (κ2) is 5.87. The van der Waals surface area contributed by atoms with Crippen LogP contribution in [0.3, 0.4) is 0 Å². The van der Waals surface area contributed by atoms with Gasteiger partial charge in [-0.1, -0.05) is 18.2 Å². The topological polar surface area (TPSA) is 121 Å². The van der Waals surface area contributed by atoms with Crippen molar-refractivity contribution in [1.82, 2.24) is 10.6 Å². The Morgan fingerprint density at radius 2 is 2.05 bits per heavy atom. The number of amides is 1. The highest BCUT2D eigenvalue weighted by Gasteiger charge is 2.09. The van der Waals surface area contributed by atoms with Crippen molar-refractivity contribution in [2.75, 3.05) is 6.67 Å². The Kier molecular flexibility index (Phi) is 3.99. The Bertz CT molecular complexity index is 708. The maximum absolute atomic E-state index is 11.7. The molecule has 7 nitrogen and oxygen atoms in total. The van der Waals surface area contributed by atoms with Crippen LogP contribution in [0.2, 0.25) is 0 Å². The van der Waals surface area contributed by atoms with E-state index < -0.39 is 5.63 Å². The third-order valence-electron chi connectivity index (χ3n) is 2.63. The predicted octanol–water partition coefficient (Wildman–Crippen LogP) is -0.108. The molecule has 0 saturated carbocycles. The highest BCUT2D eigenvalue weighted by Crippen LogP contribution is 2.12. The lowest BCUT2D eigenvalue weighted by Gasteiger charge is -2.06. The number of para-hydroxylation sites is 1. The number of hydrogen-bond donors (Lipinski definition) is 4. The average molecular weight is 274 g/mol. The number of nitrogens with two attached hydrogens (primary N) is 1. The fourth-order valence-corrected chi connectivity index (χ4v) is 1.70. The lowest BCUT2D eigenvalue weighted by atomic mass is 10.1. The third-order valence-corrected chi connectivity index (χ3v) is 2.63. The van der Waals surface area contributed by atoms with Crippen LogP contribution in [0.15, 0.2) is 39.5 Å². The third kappa shape index (κ3) is 3.35. The predicted molar refractivity (Wildman–Crippen MR) is 74.2 cm³/mol. The molecule has 104 valence electrons. The number of guanidine groups is 1. The van der Waals surface area contributed by atoms with Crippen LogP contribution in [-0.2, 0) is 11.2 Å². The van der Waals surface area contributed by atoms with E-state index in [4.69, 9.17) is 15.6 Å². The first-order valence-corrected chi connectivity index (χ1v) is 5.92. The minimum atomic E-state index is -0.529. The Morgan fingerprint density at radius 1 is 1.30 bits per heavy atom. The van der Waals surface area contributed by atoms with Crippen molar-refractivity contribution >= 4 is 22.8 Å². The van der Waals surface area contributed by atoms with Gasteiger partial charge in [0.05, 0.1) is 13.1 Å². The quantitative estimate of drug-likeness (QED) is 0.268. The molecule has 0 fully saturated rings. The second-order valence-corrected chi connectivity index (χ2v) is 4.14. The summed E-state index contributed by atoms with van der Waals surface area (Å²) in [4.78, 5) is 23.4. The van der Waals surface area contributed by atoms with E-state index in [9.17, 15) is 9.59 Å². The zero-order valence-electron chi connectivity index (χ0n) is 10.6. The molecule has 5 N–H and O–H groups in total. The molecule has 0 atom stereocenters. The van der Waals surface area contributed by atoms with Gasteiger partial charge in [0.1, 0.15) is 5.58 Å². The standard InChI is InChI=1S/C13H14N4O3/c14-13(15)17-7-16-11(18)6-9-5-8-3-1-2-4-10(8)20-12(9)19/h1-5H,6-7H2,(H,16,18)(H4,14,15,17). The van der Waals surface area contributed by atoms with Crippen molar-refractivity contribution in [3.8, 4) is 0 Å². The molecule has 1 amide bonds. The summed E-state index contributed by atoms with van der Waals surface area (Å²) in [5, 5.41) is 12.6. The number of fused-ring (bicyclic) bond motifs is 1. The first-order valence-electron chi connectivity index (χ1n) is 5.92. The zero-order chi connectivity index (χ0) is 14.5. The van der Waals surface area contributed by atoms with Gasteiger partial charge in [0.2, 0.25) is 5.91 Å². The molecule has 1 aromatic heterocycles. The van der Waals surface area contributed by atoms with Crippen LogP contribution >= 0.6 is 0 Å². The summed E-state index contributed by atoms with van der Waals surface area (Å²) >= 11 is 0. The SMILES string of the molecule is N=C(N)NCNC(=O)Cc1cc2ccccc2oc1=O. The van der Waals surface area contributed by atoms with E-state index in [1.165, 1.54) is 0 Å². The van der Waals surface area contributed by atoms with Crippen molar-refractivity contribution in [2.24, 2.45) is 5.73 Å². The summed E-state index contributed by atoms with van der Waals surface area (Å²) in [6, 6.07) is 8.72. The molecule has 2 aromatic rings. The van der Waals surface area contributed by atoms with Crippen molar-refractivity contribution in [2.45, 2.75) is 6.42 Å². The molecular formula is C13H14N4O3. The second-order valence-electron chi connectivity index (χ2n) is 4.14. The van der Waals surface area contributed by atoms with Crippen LogP contribution in [0.1, 0.15) is 5.56 Å². The first-order chi connectivity index (χ1) is 9.56. The average Bonchev–Trinajstić information content (AvgIpc) is 2.39. The van der Waals surface area contributed by atoms with E-state index in [0.29, 0.717) is 5.58 Å². The molecule has 7 heteroatoms. The zero-order valence-corrected chi connectivity index (χ0v) is 10.6. The van der Waals surface area contributed by atoms with Gasteiger partial charge >= 0.3 is 5.63 Å². The lowest BCUT2D eigenvalue weighted by molar-refractivity contribution is -0.120. The van der Waals surface area contributed by atoms with E-state index in [0.717, 1.165) is 5.39 Å². The first kappa shape index (κ1) is 13.6. The highest BCUT2D eigenvalue weighted by molar-refractivity contribution is 5.82. The van der Waals surface area contributed by atoms with Gasteiger partial charge in [-0.2, -0.15) is 0 Å².